The van der Waals surface area contributed by atoms with Crippen LogP contribution < -0.4 is 21.7 Å². The molecule has 2 saturated heterocycles. The first-order chi connectivity index (χ1) is 16.4. The molecule has 0 aliphatic carbocycles. The first-order valence-electron chi connectivity index (χ1n) is 12.1. The number of anilines is 1. The molecule has 9 heteroatoms. The van der Waals surface area contributed by atoms with E-state index in [0.717, 1.165) is 60.3 Å². The van der Waals surface area contributed by atoms with Gasteiger partial charge in [-0.3, -0.25) is 9.80 Å². The van der Waals surface area contributed by atoms with Crippen molar-refractivity contribution in [3.63, 3.8) is 0 Å². The van der Waals surface area contributed by atoms with Crippen LogP contribution >= 0.6 is 0 Å². The Kier molecular flexibility index (Phi) is 7.98. The van der Waals surface area contributed by atoms with Crippen molar-refractivity contribution in [3.05, 3.63) is 41.6 Å². The third kappa shape index (κ3) is 6.02. The van der Waals surface area contributed by atoms with Crippen LogP contribution in [0.15, 0.2) is 36.0 Å². The number of aromatic nitrogens is 1. The maximum atomic E-state index is 14.0. The summed E-state index contributed by atoms with van der Waals surface area (Å²) in [5, 5.41) is 10.8. The fraction of sp³-hybridized carbons (Fsp3) is 0.560. The number of nitrogens with zero attached hydrogens (tertiary/aromatic N) is 3. The van der Waals surface area contributed by atoms with Crippen LogP contribution in [0.3, 0.4) is 0 Å². The molecule has 2 aliphatic heterocycles. The van der Waals surface area contributed by atoms with E-state index in [4.69, 9.17) is 5.73 Å². The minimum Gasteiger partial charge on any atom is -0.384 e. The molecule has 34 heavy (non-hydrogen) atoms. The summed E-state index contributed by atoms with van der Waals surface area (Å²) in [7, 11) is 1.94. The SMILES string of the molecule is CNC/C(=C(\C)NCN1CCC(N2CCNCC(F)(F)C2)CC1)c1cc(N)nc2ccccc12. The number of alkyl halides is 2. The molecule has 0 amide bonds. The molecule has 0 radical (unpaired) electrons. The summed E-state index contributed by atoms with van der Waals surface area (Å²) >= 11 is 0. The molecule has 5 N–H and O–H groups in total. The highest BCUT2D eigenvalue weighted by Gasteiger charge is 2.36. The van der Waals surface area contributed by atoms with Gasteiger partial charge in [-0.25, -0.2) is 13.8 Å². The Balaban J connectivity index is 1.40. The molecule has 7 nitrogen and oxygen atoms in total. The molecule has 0 spiro atoms. The number of para-hydroxylation sites is 1. The molecule has 1 aromatic carbocycles. The Morgan fingerprint density at radius 1 is 1.24 bits per heavy atom. The summed E-state index contributed by atoms with van der Waals surface area (Å²) in [6.07, 6.45) is 1.82. The van der Waals surface area contributed by atoms with Crippen molar-refractivity contribution in [2.45, 2.75) is 31.7 Å². The number of nitrogens with one attached hydrogen (secondary N) is 3. The molecule has 186 valence electrons. The Morgan fingerprint density at radius 2 is 2.00 bits per heavy atom. The molecular formula is C25H37F2N7. The third-order valence-electron chi connectivity index (χ3n) is 6.90. The van der Waals surface area contributed by atoms with Gasteiger partial charge in [0, 0.05) is 49.8 Å². The first-order valence-corrected chi connectivity index (χ1v) is 12.1. The summed E-state index contributed by atoms with van der Waals surface area (Å²) < 4.78 is 28.0. The number of nitrogen functional groups attached to an aromatic ring is 1. The van der Waals surface area contributed by atoms with E-state index in [9.17, 15) is 8.78 Å². The van der Waals surface area contributed by atoms with Crippen LogP contribution in [0.2, 0.25) is 0 Å². The van der Waals surface area contributed by atoms with Crippen molar-refractivity contribution < 1.29 is 8.78 Å². The average Bonchev–Trinajstić information content (AvgIpc) is 3.01. The maximum Gasteiger partial charge on any atom is 0.272 e. The number of pyridine rings is 1. The average molecular weight is 474 g/mol. The highest BCUT2D eigenvalue weighted by atomic mass is 19.3. The van der Waals surface area contributed by atoms with Crippen LogP contribution in [0.4, 0.5) is 14.6 Å². The van der Waals surface area contributed by atoms with Crippen LogP contribution in [0.1, 0.15) is 25.3 Å². The van der Waals surface area contributed by atoms with Gasteiger partial charge >= 0.3 is 0 Å². The topological polar surface area (TPSA) is 81.5 Å². The van der Waals surface area contributed by atoms with E-state index < -0.39 is 5.92 Å². The molecular weight excluding hydrogens is 436 g/mol. The van der Waals surface area contributed by atoms with E-state index in [1.165, 1.54) is 0 Å². The third-order valence-corrected chi connectivity index (χ3v) is 6.90. The largest absolute Gasteiger partial charge is 0.384 e. The number of benzene rings is 1. The van der Waals surface area contributed by atoms with Crippen LogP contribution in [-0.4, -0.2) is 86.3 Å². The van der Waals surface area contributed by atoms with E-state index in [1.807, 2.05) is 36.2 Å². The monoisotopic (exact) mass is 473 g/mol. The van der Waals surface area contributed by atoms with Crippen molar-refractivity contribution in [2.24, 2.45) is 0 Å². The van der Waals surface area contributed by atoms with Gasteiger partial charge in [0.05, 0.1) is 25.3 Å². The summed E-state index contributed by atoms with van der Waals surface area (Å²) in [5.74, 6) is -2.15. The molecule has 2 aliphatic rings. The predicted octanol–water partition coefficient (Wildman–Crippen LogP) is 2.32. The molecule has 0 saturated carbocycles. The summed E-state index contributed by atoms with van der Waals surface area (Å²) in [6, 6.07) is 10.2. The lowest BCUT2D eigenvalue weighted by Crippen LogP contribution is -2.50. The Labute approximate surface area is 200 Å². The highest BCUT2D eigenvalue weighted by Crippen LogP contribution is 2.28. The molecule has 1 aromatic heterocycles. The molecule has 4 rings (SSSR count). The van der Waals surface area contributed by atoms with Crippen LogP contribution in [0.25, 0.3) is 16.5 Å². The second-order valence-electron chi connectivity index (χ2n) is 9.43. The standard InChI is InChI=1S/C25H37F2N7/c1-18(22(14-29-2)21-13-24(28)32-23-6-4-3-5-20(21)23)31-17-33-10-7-19(8-11-33)34-12-9-30-15-25(26,27)16-34/h3-6,13,19,29-31H,7-12,14-17H2,1-2H3,(H2,28,32)/b22-18-. The van der Waals surface area contributed by atoms with Gasteiger partial charge in [-0.05, 0) is 50.1 Å². The van der Waals surface area contributed by atoms with Gasteiger partial charge in [-0.2, -0.15) is 0 Å². The van der Waals surface area contributed by atoms with E-state index in [2.05, 4.69) is 38.8 Å². The molecule has 2 aromatic rings. The Morgan fingerprint density at radius 3 is 2.76 bits per heavy atom. The zero-order valence-corrected chi connectivity index (χ0v) is 20.2. The van der Waals surface area contributed by atoms with Crippen molar-refractivity contribution >= 4 is 22.3 Å². The number of nitrogens with two attached hydrogens (primary N) is 1. The predicted molar refractivity (Wildman–Crippen MR) is 135 cm³/mol. The normalized spacial score (nSPS) is 21.3. The minimum atomic E-state index is -2.65. The lowest BCUT2D eigenvalue weighted by Gasteiger charge is -2.39. The van der Waals surface area contributed by atoms with E-state index in [1.54, 1.807) is 0 Å². The second-order valence-corrected chi connectivity index (χ2v) is 9.43. The van der Waals surface area contributed by atoms with E-state index >= 15 is 0 Å². The fourth-order valence-corrected chi connectivity index (χ4v) is 5.07. The Hall–Kier alpha value is -2.33. The zero-order valence-electron chi connectivity index (χ0n) is 20.2. The van der Waals surface area contributed by atoms with E-state index in [0.29, 0.717) is 25.5 Å². The fourth-order valence-electron chi connectivity index (χ4n) is 5.07. The lowest BCUT2D eigenvalue weighted by molar-refractivity contribution is -0.0343. The smallest absolute Gasteiger partial charge is 0.272 e. The van der Waals surface area contributed by atoms with Crippen LogP contribution in [0.5, 0.6) is 0 Å². The van der Waals surface area contributed by atoms with Gasteiger partial charge < -0.3 is 21.7 Å². The van der Waals surface area contributed by atoms with Gasteiger partial charge in [0.25, 0.3) is 5.92 Å². The summed E-state index contributed by atoms with van der Waals surface area (Å²) in [6.45, 7) is 6.28. The molecule has 0 unspecified atom stereocenters. The number of hydrogen-bond donors (Lipinski definition) is 4. The zero-order chi connectivity index (χ0) is 24.1. The van der Waals surface area contributed by atoms with Crippen molar-refractivity contribution in [1.29, 1.82) is 0 Å². The van der Waals surface area contributed by atoms with Gasteiger partial charge in [-0.1, -0.05) is 18.2 Å². The van der Waals surface area contributed by atoms with Gasteiger partial charge in [0.1, 0.15) is 5.82 Å². The number of piperidine rings is 1. The highest BCUT2D eigenvalue weighted by molar-refractivity contribution is 5.93. The second kappa shape index (κ2) is 10.9. The number of rotatable bonds is 7. The molecule has 2 fully saturated rings. The van der Waals surface area contributed by atoms with E-state index in [-0.39, 0.29) is 19.1 Å². The number of hydrogen-bond acceptors (Lipinski definition) is 7. The number of fused-ring (bicyclic) bond motifs is 1. The molecule has 0 bridgehead atoms. The summed E-state index contributed by atoms with van der Waals surface area (Å²) in [4.78, 5) is 8.82. The van der Waals surface area contributed by atoms with Crippen LogP contribution in [0, 0.1) is 0 Å². The van der Waals surface area contributed by atoms with Crippen molar-refractivity contribution in [1.82, 2.24) is 30.7 Å². The minimum absolute atomic E-state index is 0.138. The van der Waals surface area contributed by atoms with Gasteiger partial charge in [0.2, 0.25) is 0 Å². The number of likely N-dealkylation sites (tertiary alicyclic amines) is 1. The summed E-state index contributed by atoms with van der Waals surface area (Å²) in [5.41, 5.74) is 10.3. The number of halogens is 2. The van der Waals surface area contributed by atoms with Gasteiger partial charge in [-0.15, -0.1) is 0 Å². The maximum absolute atomic E-state index is 14.0. The first kappa shape index (κ1) is 24.8. The van der Waals surface area contributed by atoms with Gasteiger partial charge in [0.15, 0.2) is 0 Å². The molecule has 3 heterocycles. The quantitative estimate of drug-likeness (QED) is 0.491. The Bertz CT molecular complexity index is 1000. The van der Waals surface area contributed by atoms with Crippen molar-refractivity contribution in [2.75, 3.05) is 65.3 Å². The number of allylic oxidation sites excluding steroid dienone is 1. The molecule has 0 atom stereocenters. The number of likely N-dealkylation sites (N-methyl/N-ethyl adjacent to an activating group) is 1. The van der Waals surface area contributed by atoms with Crippen LogP contribution in [-0.2, 0) is 0 Å². The van der Waals surface area contributed by atoms with Crippen molar-refractivity contribution in [3.8, 4) is 0 Å². The lowest BCUT2D eigenvalue weighted by atomic mass is 9.99.